The highest BCUT2D eigenvalue weighted by Gasteiger charge is 2.14. The third-order valence-electron chi connectivity index (χ3n) is 3.27. The lowest BCUT2D eigenvalue weighted by molar-refractivity contribution is 0.199. The van der Waals surface area contributed by atoms with Crippen LogP contribution in [-0.2, 0) is 0 Å². The summed E-state index contributed by atoms with van der Waals surface area (Å²) in [4.78, 5) is 4.22. The predicted octanol–water partition coefficient (Wildman–Crippen LogP) is 2.58. The molecule has 0 amide bonds. The Hall–Kier alpha value is -1.13. The van der Waals surface area contributed by atoms with E-state index in [0.29, 0.717) is 11.1 Å². The molecule has 0 bridgehead atoms. The number of aliphatic hydroxyl groups excluding tert-OH is 1. The molecular weight excluding hydrogens is 243 g/mol. The average molecular weight is 268 g/mol. The minimum Gasteiger partial charge on any atom is -0.389 e. The standard InChI is InChI=1S/C15H25FN2O/c1-11-9-15(13(12(2)19)10-14(11)16)18(5)8-6-7-17(3)4/h9-10,12,19H,6-8H2,1-5H3/t12-/m1/s1. The van der Waals surface area contributed by atoms with E-state index in [9.17, 15) is 9.50 Å². The zero-order valence-corrected chi connectivity index (χ0v) is 12.6. The Morgan fingerprint density at radius 3 is 2.37 bits per heavy atom. The van der Waals surface area contributed by atoms with Gasteiger partial charge in [-0.25, -0.2) is 4.39 Å². The van der Waals surface area contributed by atoms with Crippen molar-refractivity contribution in [1.29, 1.82) is 0 Å². The molecule has 0 aliphatic rings. The zero-order chi connectivity index (χ0) is 14.6. The number of hydrogen-bond donors (Lipinski definition) is 1. The Balaban J connectivity index is 2.88. The first-order valence-electron chi connectivity index (χ1n) is 6.67. The molecule has 0 aliphatic carbocycles. The molecule has 0 aliphatic heterocycles. The molecule has 0 saturated heterocycles. The Kier molecular flexibility index (Phi) is 5.76. The lowest BCUT2D eigenvalue weighted by atomic mass is 10.0. The molecular formula is C15H25FN2O. The van der Waals surface area contributed by atoms with Crippen molar-refractivity contribution in [3.63, 3.8) is 0 Å². The first-order chi connectivity index (χ1) is 8.82. The molecule has 0 fully saturated rings. The first-order valence-corrected chi connectivity index (χ1v) is 6.67. The van der Waals surface area contributed by atoms with Crippen LogP contribution in [0.4, 0.5) is 10.1 Å². The minimum absolute atomic E-state index is 0.263. The third kappa shape index (κ3) is 4.48. The quantitative estimate of drug-likeness (QED) is 0.859. The van der Waals surface area contributed by atoms with Crippen LogP contribution in [0.1, 0.15) is 30.6 Å². The van der Waals surface area contributed by atoms with E-state index in [2.05, 4.69) is 9.80 Å². The number of rotatable bonds is 6. The van der Waals surface area contributed by atoms with E-state index < -0.39 is 6.10 Å². The Morgan fingerprint density at radius 2 is 1.84 bits per heavy atom. The van der Waals surface area contributed by atoms with Crippen molar-refractivity contribution in [1.82, 2.24) is 4.90 Å². The normalized spacial score (nSPS) is 12.8. The van der Waals surface area contributed by atoms with Gasteiger partial charge in [0.25, 0.3) is 0 Å². The van der Waals surface area contributed by atoms with Gasteiger partial charge in [-0.2, -0.15) is 0 Å². The third-order valence-corrected chi connectivity index (χ3v) is 3.27. The van der Waals surface area contributed by atoms with Crippen LogP contribution >= 0.6 is 0 Å². The van der Waals surface area contributed by atoms with Crippen molar-refractivity contribution in [3.8, 4) is 0 Å². The molecule has 0 aromatic heterocycles. The van der Waals surface area contributed by atoms with Crippen molar-refractivity contribution in [3.05, 3.63) is 29.1 Å². The van der Waals surface area contributed by atoms with Gasteiger partial charge in [-0.1, -0.05) is 0 Å². The highest BCUT2D eigenvalue weighted by molar-refractivity contribution is 5.56. The van der Waals surface area contributed by atoms with Crippen LogP contribution in [0.5, 0.6) is 0 Å². The van der Waals surface area contributed by atoms with Crippen LogP contribution in [0.3, 0.4) is 0 Å². The highest BCUT2D eigenvalue weighted by atomic mass is 19.1. The SMILES string of the molecule is Cc1cc(N(C)CCCN(C)C)c([C@@H](C)O)cc1F. The Morgan fingerprint density at radius 1 is 1.21 bits per heavy atom. The molecule has 0 unspecified atom stereocenters. The van der Waals surface area contributed by atoms with Crippen LogP contribution < -0.4 is 4.90 Å². The first kappa shape index (κ1) is 15.9. The lowest BCUT2D eigenvalue weighted by Crippen LogP contribution is -2.24. The lowest BCUT2D eigenvalue weighted by Gasteiger charge is -2.25. The minimum atomic E-state index is -0.665. The van der Waals surface area contributed by atoms with E-state index in [4.69, 9.17) is 0 Å². The summed E-state index contributed by atoms with van der Waals surface area (Å²) >= 11 is 0. The van der Waals surface area contributed by atoms with E-state index in [1.807, 2.05) is 27.2 Å². The smallest absolute Gasteiger partial charge is 0.126 e. The van der Waals surface area contributed by atoms with Crippen molar-refractivity contribution in [2.24, 2.45) is 0 Å². The number of hydrogen-bond acceptors (Lipinski definition) is 3. The van der Waals surface area contributed by atoms with E-state index in [-0.39, 0.29) is 5.82 Å². The molecule has 108 valence electrons. The van der Waals surface area contributed by atoms with Gasteiger partial charge in [0.1, 0.15) is 5.82 Å². The summed E-state index contributed by atoms with van der Waals surface area (Å²) in [6.45, 7) is 5.30. The van der Waals surface area contributed by atoms with E-state index >= 15 is 0 Å². The van der Waals surface area contributed by atoms with Crippen molar-refractivity contribution in [2.75, 3.05) is 39.1 Å². The maximum absolute atomic E-state index is 13.6. The van der Waals surface area contributed by atoms with E-state index in [0.717, 1.165) is 25.2 Å². The van der Waals surface area contributed by atoms with Gasteiger partial charge in [-0.15, -0.1) is 0 Å². The van der Waals surface area contributed by atoms with Crippen LogP contribution in [0.15, 0.2) is 12.1 Å². The fourth-order valence-corrected chi connectivity index (χ4v) is 2.09. The molecule has 1 rings (SSSR count). The van der Waals surface area contributed by atoms with Crippen LogP contribution in [0.25, 0.3) is 0 Å². The molecule has 4 heteroatoms. The second-order valence-electron chi connectivity index (χ2n) is 5.41. The highest BCUT2D eigenvalue weighted by Crippen LogP contribution is 2.28. The van der Waals surface area contributed by atoms with Gasteiger partial charge in [0.15, 0.2) is 0 Å². The summed E-state index contributed by atoms with van der Waals surface area (Å²) in [5.41, 5.74) is 2.17. The monoisotopic (exact) mass is 268 g/mol. The molecule has 0 spiro atoms. The number of benzene rings is 1. The molecule has 0 heterocycles. The van der Waals surface area contributed by atoms with Gasteiger partial charge in [0, 0.05) is 24.8 Å². The molecule has 3 nitrogen and oxygen atoms in total. The summed E-state index contributed by atoms with van der Waals surface area (Å²) in [5.74, 6) is -0.263. The largest absolute Gasteiger partial charge is 0.389 e. The van der Waals surface area contributed by atoms with Crippen molar-refractivity contribution >= 4 is 5.69 Å². The van der Waals surface area contributed by atoms with Gasteiger partial charge in [-0.05, 0) is 58.6 Å². The average Bonchev–Trinajstić information content (AvgIpc) is 2.31. The molecule has 0 saturated carbocycles. The molecule has 1 atom stereocenters. The Labute approximate surface area is 115 Å². The maximum atomic E-state index is 13.6. The second-order valence-corrected chi connectivity index (χ2v) is 5.41. The van der Waals surface area contributed by atoms with Gasteiger partial charge < -0.3 is 14.9 Å². The van der Waals surface area contributed by atoms with Gasteiger partial charge in [0.05, 0.1) is 6.10 Å². The topological polar surface area (TPSA) is 26.7 Å². The number of anilines is 1. The molecule has 1 N–H and O–H groups in total. The summed E-state index contributed by atoms with van der Waals surface area (Å²) in [6.07, 6.45) is 0.362. The molecule has 1 aromatic rings. The second kappa shape index (κ2) is 6.87. The van der Waals surface area contributed by atoms with Crippen LogP contribution in [-0.4, -0.2) is 44.2 Å². The van der Waals surface area contributed by atoms with Crippen LogP contribution in [0.2, 0.25) is 0 Å². The van der Waals surface area contributed by atoms with Gasteiger partial charge in [-0.3, -0.25) is 0 Å². The van der Waals surface area contributed by atoms with E-state index in [1.165, 1.54) is 6.07 Å². The van der Waals surface area contributed by atoms with E-state index in [1.54, 1.807) is 13.8 Å². The number of aryl methyl sites for hydroxylation is 1. The zero-order valence-electron chi connectivity index (χ0n) is 12.6. The predicted molar refractivity (Wildman–Crippen MR) is 78.2 cm³/mol. The number of aliphatic hydroxyl groups is 1. The summed E-state index contributed by atoms with van der Waals surface area (Å²) in [6, 6.07) is 3.25. The summed E-state index contributed by atoms with van der Waals surface area (Å²) in [5, 5.41) is 9.78. The van der Waals surface area contributed by atoms with Crippen LogP contribution in [0, 0.1) is 12.7 Å². The number of halogens is 1. The maximum Gasteiger partial charge on any atom is 0.126 e. The summed E-state index contributed by atoms with van der Waals surface area (Å²) < 4.78 is 13.6. The van der Waals surface area contributed by atoms with Gasteiger partial charge in [0.2, 0.25) is 0 Å². The molecule has 0 radical (unpaired) electrons. The Bertz CT molecular complexity index is 419. The molecule has 1 aromatic carbocycles. The number of nitrogens with zero attached hydrogens (tertiary/aromatic N) is 2. The fourth-order valence-electron chi connectivity index (χ4n) is 2.09. The molecule has 19 heavy (non-hydrogen) atoms. The summed E-state index contributed by atoms with van der Waals surface area (Å²) in [7, 11) is 6.07. The van der Waals surface area contributed by atoms with Crippen molar-refractivity contribution in [2.45, 2.75) is 26.4 Å². The van der Waals surface area contributed by atoms with Gasteiger partial charge >= 0.3 is 0 Å². The van der Waals surface area contributed by atoms with Crippen molar-refractivity contribution < 1.29 is 9.50 Å². The fraction of sp³-hybridized carbons (Fsp3) is 0.600.